The molecule has 0 aliphatic heterocycles. The van der Waals surface area contributed by atoms with Crippen LogP contribution in [0.2, 0.25) is 0 Å². The van der Waals surface area contributed by atoms with E-state index in [4.69, 9.17) is 33.8 Å². The number of amides is 8. The Morgan fingerprint density at radius 2 is 0.902 bits per heavy atom. The third kappa shape index (κ3) is 28.8. The molecule has 31 heteroatoms. The van der Waals surface area contributed by atoms with Crippen LogP contribution in [-0.2, 0) is 64.0 Å². The summed E-state index contributed by atoms with van der Waals surface area (Å²) in [5.74, 6) is -15.4. The molecule has 0 heterocycles. The van der Waals surface area contributed by atoms with Gasteiger partial charge in [-0.3, -0.25) is 57.7 Å². The number of nitrogens with two attached hydrogens (primary N) is 5. The molecule has 0 saturated heterocycles. The van der Waals surface area contributed by atoms with E-state index in [1.165, 1.54) is 38.1 Å². The molecule has 8 amide bonds. The zero-order valence-corrected chi connectivity index (χ0v) is 46.7. The number of carboxylic acid groups (broad SMARTS) is 4. The number of carboxylic acids is 4. The zero-order chi connectivity index (χ0) is 62.2. The molecule has 1 aromatic carbocycles. The van der Waals surface area contributed by atoms with Crippen molar-refractivity contribution < 1.29 is 83.1 Å². The minimum atomic E-state index is -1.90. The highest BCUT2D eigenvalue weighted by atomic mass is 16.4. The first-order valence-corrected chi connectivity index (χ1v) is 26.8. The Bertz CT molecular complexity index is 2350. The predicted octanol–water partition coefficient (Wildman–Crippen LogP) is -3.95. The molecule has 1 aromatic rings. The summed E-state index contributed by atoms with van der Waals surface area (Å²) in [7, 11) is 0. The smallest absolute Gasteiger partial charge is 0.326 e. The topological polar surface area (TPSA) is 545 Å². The maximum absolute atomic E-state index is 14.3. The predicted molar refractivity (Wildman–Crippen MR) is 294 cm³/mol. The summed E-state index contributed by atoms with van der Waals surface area (Å²) in [5.41, 5.74) is 28.5. The second-order valence-electron chi connectivity index (χ2n) is 20.2. The SMILES string of the molecule is CC(C)C[C@H](NC(=O)[C@@H](N)CC(=O)O)C(=O)N[C@@H](CCCCN)C(=O)N[C@@H](CCC(=O)O)C(=O)N[C@@H](CCCN=C(N)N)C(=O)N[C@@H](CCCCN)C(=O)N[C@@H](CC(=O)O)C(=O)N[C@H](C(=O)N[C@@H](Cc1ccc(O)cc1)C(=O)O)C(C)C. The van der Waals surface area contributed by atoms with Gasteiger partial charge < -0.3 is 96.7 Å². The summed E-state index contributed by atoms with van der Waals surface area (Å²) in [4.78, 5) is 162. The van der Waals surface area contributed by atoms with E-state index in [-0.39, 0.29) is 88.6 Å². The first-order valence-electron chi connectivity index (χ1n) is 26.8. The molecular formula is C51H84N14O17. The number of guanidine groups is 1. The van der Waals surface area contributed by atoms with E-state index in [0.29, 0.717) is 18.4 Å². The molecule has 82 heavy (non-hydrogen) atoms. The van der Waals surface area contributed by atoms with Gasteiger partial charge in [0.15, 0.2) is 5.96 Å². The summed E-state index contributed by atoms with van der Waals surface area (Å²) in [6.45, 7) is 6.69. The highest BCUT2D eigenvalue weighted by molar-refractivity contribution is 5.99. The van der Waals surface area contributed by atoms with E-state index in [1.807, 2.05) is 0 Å². The number of phenols is 1. The first kappa shape index (κ1) is 71.8. The number of carbonyl (C=O) groups excluding carboxylic acids is 8. The molecule has 0 saturated carbocycles. The number of aromatic hydroxyl groups is 1. The molecule has 0 spiro atoms. The number of rotatable bonds is 41. The zero-order valence-electron chi connectivity index (χ0n) is 46.7. The van der Waals surface area contributed by atoms with Crippen LogP contribution in [0.1, 0.15) is 117 Å². The molecule has 0 radical (unpaired) electrons. The second kappa shape index (κ2) is 37.7. The van der Waals surface area contributed by atoms with Crippen LogP contribution in [0, 0.1) is 11.8 Å². The summed E-state index contributed by atoms with van der Waals surface area (Å²) in [6, 6.07) is -8.53. The van der Waals surface area contributed by atoms with Crippen molar-refractivity contribution in [3.05, 3.63) is 29.8 Å². The number of aliphatic carboxylic acids is 4. The number of nitrogens with zero attached hydrogens (tertiary/aromatic N) is 1. The molecule has 1 rings (SSSR count). The van der Waals surface area contributed by atoms with Gasteiger partial charge in [0.05, 0.1) is 18.9 Å². The molecule has 0 fully saturated rings. The van der Waals surface area contributed by atoms with Gasteiger partial charge in [0.1, 0.15) is 54.1 Å². The van der Waals surface area contributed by atoms with Crippen LogP contribution < -0.4 is 71.2 Å². The minimum absolute atomic E-state index is 0.00747. The van der Waals surface area contributed by atoms with Gasteiger partial charge >= 0.3 is 23.9 Å². The molecular weight excluding hydrogens is 1080 g/mol. The Labute approximate surface area is 474 Å². The summed E-state index contributed by atoms with van der Waals surface area (Å²) >= 11 is 0. The van der Waals surface area contributed by atoms with Gasteiger partial charge in [-0.2, -0.15) is 0 Å². The fraction of sp³-hybridized carbons (Fsp3) is 0.627. The molecule has 0 unspecified atom stereocenters. The standard InChI is InChI=1S/C51H84N14O17/c1-26(2)22-35(62-42(73)30(54)24-39(69)70)47(78)60-31(10-5-7-19-52)43(74)61-34(17-18-38(67)68)46(77)59-33(12-9-21-57-51(55)56)44(75)58-32(11-6-8-20-53)45(76)63-36(25-40(71)72)48(79)65-41(27(3)4)49(80)64-37(50(81)82)23-28-13-15-29(66)16-14-28/h13-16,26-27,30-37,41,66H,5-12,17-25,52-54H2,1-4H3,(H,58,75)(H,59,77)(H,60,78)(H,61,74)(H,62,73)(H,63,76)(H,64,80)(H,65,79)(H,67,68)(H,69,70)(H,71,72)(H,81,82)(H4,55,56,57)/t30-,31-,32-,33-,34-,35-,36-,37-,41-/m0/s1. The van der Waals surface area contributed by atoms with E-state index in [1.54, 1.807) is 13.8 Å². The molecule has 0 aliphatic rings. The molecule has 0 bridgehead atoms. The largest absolute Gasteiger partial charge is 0.508 e. The Balaban J connectivity index is 3.63. The number of aliphatic imine (C=N–C) groups is 1. The number of hydrogen-bond donors (Lipinski definition) is 18. The Hall–Kier alpha value is -8.19. The van der Waals surface area contributed by atoms with Crippen molar-refractivity contribution in [1.82, 2.24) is 42.5 Å². The van der Waals surface area contributed by atoms with Gasteiger partial charge in [-0.1, -0.05) is 39.8 Å². The van der Waals surface area contributed by atoms with Gasteiger partial charge in [-0.25, -0.2) is 4.79 Å². The number of unbranched alkanes of at least 4 members (excludes halogenated alkanes) is 2. The van der Waals surface area contributed by atoms with Crippen LogP contribution in [0.4, 0.5) is 0 Å². The van der Waals surface area contributed by atoms with Crippen molar-refractivity contribution in [2.75, 3.05) is 19.6 Å². The quantitative estimate of drug-likeness (QED) is 0.0169. The number of nitrogens with one attached hydrogen (secondary N) is 8. The van der Waals surface area contributed by atoms with Gasteiger partial charge in [0.25, 0.3) is 0 Å². The number of carbonyl (C=O) groups is 12. The Morgan fingerprint density at radius 3 is 1.32 bits per heavy atom. The molecule has 31 nitrogen and oxygen atoms in total. The van der Waals surface area contributed by atoms with Gasteiger partial charge in [0, 0.05) is 19.4 Å². The van der Waals surface area contributed by atoms with E-state index < -0.39 is 157 Å². The average Bonchev–Trinajstić information content (AvgIpc) is 3.47. The summed E-state index contributed by atoms with van der Waals surface area (Å²) in [5, 5.41) is 67.6. The molecule has 9 atom stereocenters. The fourth-order valence-electron chi connectivity index (χ4n) is 7.96. The van der Waals surface area contributed by atoms with E-state index in [9.17, 15) is 78.0 Å². The highest BCUT2D eigenvalue weighted by Gasteiger charge is 2.36. The normalized spacial score (nSPS) is 14.4. The molecule has 460 valence electrons. The van der Waals surface area contributed by atoms with E-state index in [2.05, 4.69) is 47.5 Å². The summed E-state index contributed by atoms with van der Waals surface area (Å²) in [6.07, 6.45) is -2.71. The highest BCUT2D eigenvalue weighted by Crippen LogP contribution is 2.15. The van der Waals surface area contributed by atoms with E-state index in [0.717, 1.165) is 0 Å². The van der Waals surface area contributed by atoms with Crippen molar-refractivity contribution in [2.24, 2.45) is 45.5 Å². The number of phenolic OH excluding ortho intramolecular Hbond substituents is 1. The minimum Gasteiger partial charge on any atom is -0.508 e. The fourth-order valence-corrected chi connectivity index (χ4v) is 7.96. The van der Waals surface area contributed by atoms with Crippen LogP contribution in [0.3, 0.4) is 0 Å². The molecule has 23 N–H and O–H groups in total. The van der Waals surface area contributed by atoms with Crippen LogP contribution in [0.25, 0.3) is 0 Å². The lowest BCUT2D eigenvalue weighted by Crippen LogP contribution is -2.61. The summed E-state index contributed by atoms with van der Waals surface area (Å²) < 4.78 is 0. The third-order valence-corrected chi connectivity index (χ3v) is 12.3. The van der Waals surface area contributed by atoms with Crippen LogP contribution in [0.5, 0.6) is 5.75 Å². The monoisotopic (exact) mass is 1160 g/mol. The Morgan fingerprint density at radius 1 is 0.488 bits per heavy atom. The molecule has 0 aromatic heterocycles. The van der Waals surface area contributed by atoms with Crippen LogP contribution in [-0.4, -0.2) is 177 Å². The first-order chi connectivity index (χ1) is 38.5. The van der Waals surface area contributed by atoms with Gasteiger partial charge in [-0.05, 0) is 107 Å². The van der Waals surface area contributed by atoms with Crippen LogP contribution >= 0.6 is 0 Å². The van der Waals surface area contributed by atoms with Crippen LogP contribution in [0.15, 0.2) is 29.3 Å². The van der Waals surface area contributed by atoms with Gasteiger partial charge in [0.2, 0.25) is 47.3 Å². The second-order valence-corrected chi connectivity index (χ2v) is 20.2. The third-order valence-electron chi connectivity index (χ3n) is 12.3. The lowest BCUT2D eigenvalue weighted by molar-refractivity contribution is -0.143. The lowest BCUT2D eigenvalue weighted by Gasteiger charge is -2.28. The van der Waals surface area contributed by atoms with Crippen molar-refractivity contribution >= 4 is 77.1 Å². The lowest BCUT2D eigenvalue weighted by atomic mass is 10.0. The average molecular weight is 1170 g/mol. The Kier molecular flexibility index (Phi) is 33.0. The number of benzene rings is 1. The van der Waals surface area contributed by atoms with Crippen molar-refractivity contribution in [1.29, 1.82) is 0 Å². The molecule has 0 aliphatic carbocycles. The maximum Gasteiger partial charge on any atom is 0.326 e. The van der Waals surface area contributed by atoms with Crippen molar-refractivity contribution in [3.63, 3.8) is 0 Å². The van der Waals surface area contributed by atoms with Crippen molar-refractivity contribution in [3.8, 4) is 5.75 Å². The number of hydrogen-bond acceptors (Lipinski definition) is 17. The van der Waals surface area contributed by atoms with E-state index >= 15 is 0 Å². The van der Waals surface area contributed by atoms with Gasteiger partial charge in [-0.15, -0.1) is 0 Å². The maximum atomic E-state index is 14.3. The van der Waals surface area contributed by atoms with Crippen molar-refractivity contribution in [2.45, 2.75) is 172 Å².